The molecule has 5 N–H and O–H groups in total. The molecule has 2 aromatic carbocycles. The lowest BCUT2D eigenvalue weighted by Crippen LogP contribution is -2.31. The highest BCUT2D eigenvalue weighted by molar-refractivity contribution is 7.92. The first kappa shape index (κ1) is 34.0. The molecule has 0 amide bonds. The van der Waals surface area contributed by atoms with Crippen LogP contribution in [0.1, 0.15) is 35.7 Å². The SMILES string of the molecule is CCCS(=O)(=O)Nc1ccc(F)c(C(=O)c2ccc3[nH]c4ncc(-c5ccc(S(=O)(=O)NCC(CO)CCO)nc5)cc4c3c2)c1F. The lowest BCUT2D eigenvalue weighted by molar-refractivity contribution is 0.103. The summed E-state index contributed by atoms with van der Waals surface area (Å²) in [6, 6.07) is 10.7. The summed E-state index contributed by atoms with van der Waals surface area (Å²) in [5, 5.41) is 19.2. The molecule has 0 bridgehead atoms. The molecule has 0 spiro atoms. The Labute approximate surface area is 269 Å². The van der Waals surface area contributed by atoms with Crippen molar-refractivity contribution in [3.05, 3.63) is 83.7 Å². The number of benzene rings is 2. The zero-order valence-electron chi connectivity index (χ0n) is 25.0. The van der Waals surface area contributed by atoms with E-state index in [9.17, 15) is 31.1 Å². The summed E-state index contributed by atoms with van der Waals surface area (Å²) in [5.74, 6) is -4.21. The van der Waals surface area contributed by atoms with Crippen molar-refractivity contribution in [1.82, 2.24) is 19.7 Å². The van der Waals surface area contributed by atoms with Crippen molar-refractivity contribution in [2.24, 2.45) is 5.92 Å². The Morgan fingerprint density at radius 1 is 0.957 bits per heavy atom. The molecule has 0 aliphatic heterocycles. The van der Waals surface area contributed by atoms with Gasteiger partial charge in [0.15, 0.2) is 16.6 Å². The van der Waals surface area contributed by atoms with Gasteiger partial charge in [-0.3, -0.25) is 9.52 Å². The minimum atomic E-state index is -3.99. The van der Waals surface area contributed by atoms with E-state index >= 15 is 4.39 Å². The Balaban J connectivity index is 1.45. The summed E-state index contributed by atoms with van der Waals surface area (Å²) in [6.45, 7) is 1.07. The second-order valence-corrected chi connectivity index (χ2v) is 14.4. The van der Waals surface area contributed by atoms with Crippen LogP contribution in [0.3, 0.4) is 0 Å². The molecule has 5 rings (SSSR count). The number of carbonyl (C=O) groups is 1. The highest BCUT2D eigenvalue weighted by Gasteiger charge is 2.25. The molecule has 0 saturated heterocycles. The van der Waals surface area contributed by atoms with Crippen LogP contribution in [0.5, 0.6) is 0 Å². The van der Waals surface area contributed by atoms with Crippen LogP contribution in [-0.4, -0.2) is 73.3 Å². The van der Waals surface area contributed by atoms with Crippen LogP contribution in [0.25, 0.3) is 33.1 Å². The third kappa shape index (κ3) is 7.31. The van der Waals surface area contributed by atoms with E-state index in [-0.39, 0.29) is 48.9 Å². The van der Waals surface area contributed by atoms with Crippen LogP contribution in [0.2, 0.25) is 0 Å². The van der Waals surface area contributed by atoms with Crippen molar-refractivity contribution >= 4 is 53.5 Å². The summed E-state index contributed by atoms with van der Waals surface area (Å²) in [7, 11) is -7.89. The van der Waals surface area contributed by atoms with Gasteiger partial charge in [0.25, 0.3) is 10.0 Å². The van der Waals surface area contributed by atoms with Gasteiger partial charge < -0.3 is 15.2 Å². The number of aliphatic hydroxyl groups is 2. The molecule has 5 aromatic rings. The number of nitrogens with zero attached hydrogens (tertiary/aromatic N) is 2. The molecule has 0 aliphatic carbocycles. The van der Waals surface area contributed by atoms with Gasteiger partial charge in [-0.25, -0.2) is 40.3 Å². The van der Waals surface area contributed by atoms with Crippen LogP contribution >= 0.6 is 0 Å². The first-order valence-corrected chi connectivity index (χ1v) is 17.6. The second-order valence-electron chi connectivity index (χ2n) is 10.8. The smallest absolute Gasteiger partial charge is 0.258 e. The Bertz CT molecular complexity index is 2170. The van der Waals surface area contributed by atoms with Gasteiger partial charge in [-0.05, 0) is 67.3 Å². The van der Waals surface area contributed by atoms with Gasteiger partial charge in [0.2, 0.25) is 10.0 Å². The summed E-state index contributed by atoms with van der Waals surface area (Å²) >= 11 is 0. The first-order chi connectivity index (χ1) is 22.4. The maximum atomic E-state index is 15.3. The average Bonchev–Trinajstić information content (AvgIpc) is 3.41. The highest BCUT2D eigenvalue weighted by atomic mass is 32.2. The monoisotopic (exact) mass is 687 g/mol. The number of ketones is 1. The van der Waals surface area contributed by atoms with E-state index in [2.05, 4.69) is 24.4 Å². The molecule has 12 nitrogen and oxygen atoms in total. The molecule has 47 heavy (non-hydrogen) atoms. The number of hydrogen-bond donors (Lipinski definition) is 5. The maximum absolute atomic E-state index is 15.3. The van der Waals surface area contributed by atoms with Crippen LogP contribution in [0, 0.1) is 17.6 Å². The number of aromatic amines is 1. The number of anilines is 1. The number of nitrogens with one attached hydrogen (secondary N) is 3. The van der Waals surface area contributed by atoms with Gasteiger partial charge >= 0.3 is 0 Å². The molecule has 0 radical (unpaired) electrons. The number of H-pyrrole nitrogens is 1. The van der Waals surface area contributed by atoms with Crippen molar-refractivity contribution < 1.29 is 40.6 Å². The Kier molecular flexibility index (Phi) is 9.97. The Hall–Kier alpha value is -4.35. The van der Waals surface area contributed by atoms with E-state index < -0.39 is 54.6 Å². The molecular formula is C31H31F2N5O7S2. The molecule has 0 fully saturated rings. The summed E-state index contributed by atoms with van der Waals surface area (Å²) in [6.07, 6.45) is 3.40. The van der Waals surface area contributed by atoms with E-state index in [1.165, 1.54) is 24.4 Å². The number of carbonyl (C=O) groups excluding carboxylic acids is 1. The molecular weight excluding hydrogens is 656 g/mol. The number of sulfonamides is 2. The number of aliphatic hydroxyl groups excluding tert-OH is 2. The highest BCUT2D eigenvalue weighted by Crippen LogP contribution is 2.31. The van der Waals surface area contributed by atoms with Crippen LogP contribution in [0.4, 0.5) is 14.5 Å². The molecule has 1 unspecified atom stereocenters. The fourth-order valence-electron chi connectivity index (χ4n) is 5.00. The van der Waals surface area contributed by atoms with E-state index in [1.54, 1.807) is 31.3 Å². The molecule has 0 saturated carbocycles. The van der Waals surface area contributed by atoms with Gasteiger partial charge in [0.05, 0.1) is 17.0 Å². The van der Waals surface area contributed by atoms with E-state index in [4.69, 9.17) is 5.11 Å². The normalized spacial score (nSPS) is 12.9. The topological polar surface area (TPSA) is 191 Å². The predicted molar refractivity (Wildman–Crippen MR) is 172 cm³/mol. The van der Waals surface area contributed by atoms with Crippen molar-refractivity contribution in [2.75, 3.05) is 30.2 Å². The zero-order chi connectivity index (χ0) is 33.9. The number of pyridine rings is 2. The summed E-state index contributed by atoms with van der Waals surface area (Å²) in [4.78, 5) is 25.0. The zero-order valence-corrected chi connectivity index (χ0v) is 26.6. The average molecular weight is 688 g/mol. The lowest BCUT2D eigenvalue weighted by atomic mass is 9.99. The summed E-state index contributed by atoms with van der Waals surface area (Å²) in [5.41, 5.74) is 0.625. The third-order valence-electron chi connectivity index (χ3n) is 7.47. The lowest BCUT2D eigenvalue weighted by Gasteiger charge is -2.13. The van der Waals surface area contributed by atoms with Crippen molar-refractivity contribution in [1.29, 1.82) is 0 Å². The first-order valence-electron chi connectivity index (χ1n) is 14.5. The number of aromatic nitrogens is 3. The Morgan fingerprint density at radius 3 is 2.40 bits per heavy atom. The molecule has 3 aromatic heterocycles. The number of rotatable bonds is 14. The predicted octanol–water partition coefficient (Wildman–Crippen LogP) is 3.71. The standard InChI is InChI=1S/C31H31F2N5O7S2/c1-2-11-46(42,43)38-26-7-5-24(32)28(29(26)33)30(41)19-3-6-25-22(12-19)23-13-21(16-35-31(23)37-25)20-4-8-27(34-15-20)47(44,45)36-14-18(17-40)9-10-39/h3-8,12-13,15-16,18,36,38-40H,2,9-11,14,17H2,1H3,(H,35,37). The molecule has 3 heterocycles. The van der Waals surface area contributed by atoms with Crippen molar-refractivity contribution in [3.63, 3.8) is 0 Å². The van der Waals surface area contributed by atoms with Crippen LogP contribution in [0.15, 0.2) is 66.0 Å². The minimum absolute atomic E-state index is 0.0543. The fourth-order valence-corrected chi connectivity index (χ4v) is 7.17. The van der Waals surface area contributed by atoms with Crippen molar-refractivity contribution in [3.8, 4) is 11.1 Å². The summed E-state index contributed by atoms with van der Waals surface area (Å²) < 4.78 is 84.3. The van der Waals surface area contributed by atoms with E-state index in [1.807, 2.05) is 0 Å². The number of fused-ring (bicyclic) bond motifs is 3. The van der Waals surface area contributed by atoms with Gasteiger partial charge in [-0.2, -0.15) is 0 Å². The van der Waals surface area contributed by atoms with Crippen LogP contribution < -0.4 is 9.44 Å². The van der Waals surface area contributed by atoms with Gasteiger partial charge in [-0.15, -0.1) is 0 Å². The fraction of sp³-hybridized carbons (Fsp3) is 0.258. The molecule has 16 heteroatoms. The third-order valence-corrected chi connectivity index (χ3v) is 10.3. The van der Waals surface area contributed by atoms with E-state index in [0.29, 0.717) is 33.1 Å². The van der Waals surface area contributed by atoms with Crippen LogP contribution in [-0.2, 0) is 20.0 Å². The van der Waals surface area contributed by atoms with Gasteiger partial charge in [0.1, 0.15) is 11.5 Å². The number of halogens is 2. The van der Waals surface area contributed by atoms with Crippen molar-refractivity contribution in [2.45, 2.75) is 24.8 Å². The quantitative estimate of drug-likeness (QED) is 0.108. The molecule has 248 valence electrons. The maximum Gasteiger partial charge on any atom is 0.258 e. The molecule has 0 aliphatic rings. The Morgan fingerprint density at radius 2 is 1.72 bits per heavy atom. The van der Waals surface area contributed by atoms with Gasteiger partial charge in [0, 0.05) is 65.1 Å². The number of hydrogen-bond acceptors (Lipinski definition) is 9. The second kappa shape index (κ2) is 13.8. The largest absolute Gasteiger partial charge is 0.396 e. The minimum Gasteiger partial charge on any atom is -0.396 e. The van der Waals surface area contributed by atoms with Gasteiger partial charge in [-0.1, -0.05) is 6.92 Å². The van der Waals surface area contributed by atoms with E-state index in [0.717, 1.165) is 12.1 Å². The molecule has 1 atom stereocenters.